The number of nitrogens with one attached hydrogen (secondary N) is 4. The van der Waals surface area contributed by atoms with Crippen molar-refractivity contribution in [2.75, 3.05) is 35.6 Å². The van der Waals surface area contributed by atoms with Crippen molar-refractivity contribution >= 4 is 35.0 Å². The van der Waals surface area contributed by atoms with Crippen molar-refractivity contribution in [2.24, 2.45) is 5.92 Å². The quantitative estimate of drug-likeness (QED) is 0.511. The third-order valence-corrected chi connectivity index (χ3v) is 5.02. The molecule has 5 amide bonds. The summed E-state index contributed by atoms with van der Waals surface area (Å²) >= 11 is 0. The molecule has 32 heavy (non-hydrogen) atoms. The summed E-state index contributed by atoms with van der Waals surface area (Å²) < 4.78 is 13.6. The maximum atomic E-state index is 13.6. The van der Waals surface area contributed by atoms with E-state index in [4.69, 9.17) is 0 Å². The van der Waals surface area contributed by atoms with E-state index >= 15 is 0 Å². The fourth-order valence-corrected chi connectivity index (χ4v) is 3.38. The Balaban J connectivity index is 1.51. The molecule has 1 aliphatic rings. The van der Waals surface area contributed by atoms with Gasteiger partial charge in [0.1, 0.15) is 5.82 Å². The van der Waals surface area contributed by atoms with Crippen molar-refractivity contribution in [3.05, 3.63) is 67.0 Å². The Kier molecular flexibility index (Phi) is 7.80. The maximum Gasteiger partial charge on any atom is 0.323 e. The molecule has 0 spiro atoms. The molecule has 1 fully saturated rings. The normalized spacial score (nSPS) is 15.4. The minimum atomic E-state index is -0.582. The molecule has 9 heteroatoms. The van der Waals surface area contributed by atoms with Crippen LogP contribution in [0.2, 0.25) is 0 Å². The molecule has 0 aromatic heterocycles. The number of amides is 5. The van der Waals surface area contributed by atoms with Crippen LogP contribution in [0.1, 0.15) is 12.8 Å². The van der Waals surface area contributed by atoms with Crippen molar-refractivity contribution in [3.63, 3.8) is 0 Å². The molecule has 2 aromatic rings. The predicted octanol–water partition coefficient (Wildman–Crippen LogP) is 4.02. The summed E-state index contributed by atoms with van der Waals surface area (Å²) in [6.45, 7) is 4.91. The van der Waals surface area contributed by atoms with Gasteiger partial charge in [-0.3, -0.25) is 4.79 Å². The summed E-state index contributed by atoms with van der Waals surface area (Å²) in [5.74, 6) is -0.848. The Morgan fingerprint density at radius 1 is 1.03 bits per heavy atom. The molecular weight excluding hydrogens is 413 g/mol. The zero-order valence-electron chi connectivity index (χ0n) is 17.6. The Bertz CT molecular complexity index is 980. The molecular formula is C23H26FN5O3. The highest BCUT2D eigenvalue weighted by atomic mass is 19.1. The Hall–Kier alpha value is -3.88. The number of anilines is 3. The number of urea groups is 2. The van der Waals surface area contributed by atoms with Crippen LogP contribution in [0.4, 0.5) is 31.0 Å². The summed E-state index contributed by atoms with van der Waals surface area (Å²) in [5, 5.41) is 10.6. The molecule has 1 aliphatic heterocycles. The van der Waals surface area contributed by atoms with E-state index in [2.05, 4.69) is 27.8 Å². The van der Waals surface area contributed by atoms with Crippen molar-refractivity contribution in [1.82, 2.24) is 10.2 Å². The van der Waals surface area contributed by atoms with E-state index < -0.39 is 11.8 Å². The van der Waals surface area contributed by atoms with E-state index in [-0.39, 0.29) is 23.5 Å². The van der Waals surface area contributed by atoms with Gasteiger partial charge in [-0.2, -0.15) is 0 Å². The number of carbonyl (C=O) groups excluding carboxylic acids is 3. The molecule has 2 aromatic carbocycles. The molecule has 1 atom stereocenters. The second-order valence-corrected chi connectivity index (χ2v) is 7.39. The molecule has 0 bridgehead atoms. The van der Waals surface area contributed by atoms with Crippen molar-refractivity contribution in [3.8, 4) is 0 Å². The van der Waals surface area contributed by atoms with Crippen molar-refractivity contribution in [2.45, 2.75) is 12.8 Å². The first kappa shape index (κ1) is 22.8. The fraction of sp³-hybridized carbons (Fsp3) is 0.261. The molecule has 3 rings (SSSR count). The number of piperidine rings is 1. The van der Waals surface area contributed by atoms with Crippen LogP contribution in [0.15, 0.2) is 61.2 Å². The van der Waals surface area contributed by atoms with Gasteiger partial charge in [0, 0.05) is 31.0 Å². The van der Waals surface area contributed by atoms with Gasteiger partial charge < -0.3 is 26.2 Å². The summed E-state index contributed by atoms with van der Waals surface area (Å²) in [7, 11) is 0. The molecule has 8 nitrogen and oxygen atoms in total. The summed E-state index contributed by atoms with van der Waals surface area (Å²) in [6.07, 6.45) is 3.11. The van der Waals surface area contributed by atoms with Crippen LogP contribution >= 0.6 is 0 Å². The van der Waals surface area contributed by atoms with E-state index in [1.165, 1.54) is 18.2 Å². The number of halogens is 1. The van der Waals surface area contributed by atoms with E-state index in [0.717, 1.165) is 12.8 Å². The van der Waals surface area contributed by atoms with Crippen LogP contribution in [0, 0.1) is 11.7 Å². The zero-order valence-corrected chi connectivity index (χ0v) is 17.6. The van der Waals surface area contributed by atoms with Gasteiger partial charge in [-0.25, -0.2) is 14.0 Å². The smallest absolute Gasteiger partial charge is 0.323 e. The number of benzene rings is 2. The maximum absolute atomic E-state index is 13.6. The first-order chi connectivity index (χ1) is 15.5. The van der Waals surface area contributed by atoms with Gasteiger partial charge in [0.15, 0.2) is 0 Å². The SMILES string of the molecule is C=CCNC(=O)C1CCCN(C(=O)Nc2ccc(NC(=O)Nc3ccccc3F)cc2)C1. The molecule has 0 aliphatic carbocycles. The lowest BCUT2D eigenvalue weighted by Crippen LogP contribution is -2.46. The number of para-hydroxylation sites is 1. The van der Waals surface area contributed by atoms with Crippen molar-refractivity contribution < 1.29 is 18.8 Å². The third-order valence-electron chi connectivity index (χ3n) is 5.02. The van der Waals surface area contributed by atoms with Gasteiger partial charge in [0.05, 0.1) is 11.6 Å². The van der Waals surface area contributed by atoms with Crippen LogP contribution in [0.25, 0.3) is 0 Å². The minimum absolute atomic E-state index is 0.0758. The second kappa shape index (κ2) is 10.9. The van der Waals surface area contributed by atoms with Crippen LogP contribution in [-0.4, -0.2) is 42.5 Å². The number of hydrogen-bond acceptors (Lipinski definition) is 3. The number of rotatable bonds is 6. The number of likely N-dealkylation sites (tertiary alicyclic amines) is 1. The highest BCUT2D eigenvalue weighted by Gasteiger charge is 2.28. The lowest BCUT2D eigenvalue weighted by molar-refractivity contribution is -0.126. The number of nitrogens with zero attached hydrogens (tertiary/aromatic N) is 1. The van der Waals surface area contributed by atoms with Crippen LogP contribution in [0.5, 0.6) is 0 Å². The molecule has 0 radical (unpaired) electrons. The summed E-state index contributed by atoms with van der Waals surface area (Å²) in [4.78, 5) is 38.4. The highest BCUT2D eigenvalue weighted by Crippen LogP contribution is 2.19. The Morgan fingerprint density at radius 2 is 1.72 bits per heavy atom. The first-order valence-corrected chi connectivity index (χ1v) is 10.3. The lowest BCUT2D eigenvalue weighted by Gasteiger charge is -2.32. The number of hydrogen-bond donors (Lipinski definition) is 4. The minimum Gasteiger partial charge on any atom is -0.352 e. The Labute approximate surface area is 185 Å². The number of carbonyl (C=O) groups is 3. The predicted molar refractivity (Wildman–Crippen MR) is 122 cm³/mol. The van der Waals surface area contributed by atoms with E-state index in [0.29, 0.717) is 31.0 Å². The standard InChI is InChI=1S/C23H26FN5O3/c1-2-13-25-21(30)16-6-5-14-29(15-16)23(32)27-18-11-9-17(10-12-18)26-22(31)28-20-8-4-3-7-19(20)24/h2-4,7-12,16H,1,5-6,13-15H2,(H,25,30)(H,27,32)(H2,26,28,31). The van der Waals surface area contributed by atoms with E-state index in [1.807, 2.05) is 0 Å². The summed E-state index contributed by atoms with van der Waals surface area (Å²) in [5.41, 5.74) is 1.11. The van der Waals surface area contributed by atoms with Gasteiger partial charge in [-0.15, -0.1) is 6.58 Å². The molecule has 1 heterocycles. The molecule has 4 N–H and O–H groups in total. The molecule has 1 unspecified atom stereocenters. The fourth-order valence-electron chi connectivity index (χ4n) is 3.38. The Morgan fingerprint density at radius 3 is 2.41 bits per heavy atom. The zero-order chi connectivity index (χ0) is 22.9. The van der Waals surface area contributed by atoms with Gasteiger partial charge in [-0.05, 0) is 49.2 Å². The van der Waals surface area contributed by atoms with Gasteiger partial charge in [0.25, 0.3) is 0 Å². The molecule has 0 saturated carbocycles. The average Bonchev–Trinajstić information content (AvgIpc) is 2.80. The van der Waals surface area contributed by atoms with Crippen LogP contribution < -0.4 is 21.3 Å². The highest BCUT2D eigenvalue weighted by molar-refractivity contribution is 6.00. The third kappa shape index (κ3) is 6.31. The second-order valence-electron chi connectivity index (χ2n) is 7.39. The topological polar surface area (TPSA) is 103 Å². The van der Waals surface area contributed by atoms with Gasteiger partial charge in [-0.1, -0.05) is 18.2 Å². The first-order valence-electron chi connectivity index (χ1n) is 10.3. The van der Waals surface area contributed by atoms with E-state index in [1.54, 1.807) is 41.3 Å². The largest absolute Gasteiger partial charge is 0.352 e. The van der Waals surface area contributed by atoms with Crippen LogP contribution in [0.3, 0.4) is 0 Å². The van der Waals surface area contributed by atoms with E-state index in [9.17, 15) is 18.8 Å². The molecule has 1 saturated heterocycles. The van der Waals surface area contributed by atoms with Gasteiger partial charge >= 0.3 is 12.1 Å². The average molecular weight is 439 g/mol. The lowest BCUT2D eigenvalue weighted by atomic mass is 9.97. The monoisotopic (exact) mass is 439 g/mol. The van der Waals surface area contributed by atoms with Gasteiger partial charge in [0.2, 0.25) is 5.91 Å². The van der Waals surface area contributed by atoms with Crippen LogP contribution in [-0.2, 0) is 4.79 Å². The molecule has 168 valence electrons. The summed E-state index contributed by atoms with van der Waals surface area (Å²) in [6, 6.07) is 11.5. The van der Waals surface area contributed by atoms with Crippen molar-refractivity contribution in [1.29, 1.82) is 0 Å².